The molecule has 0 fully saturated rings. The predicted octanol–water partition coefficient (Wildman–Crippen LogP) is 4.70. The zero-order chi connectivity index (χ0) is 19.7. The highest BCUT2D eigenvalue weighted by Gasteiger charge is 2.40. The summed E-state index contributed by atoms with van der Waals surface area (Å²) in [6.07, 6.45) is 0. The van der Waals surface area contributed by atoms with Gasteiger partial charge in [-0.05, 0) is 54.8 Å². The molecule has 0 saturated carbocycles. The maximum atomic E-state index is 13.3. The molecule has 1 N–H and O–H groups in total. The second-order valence-electron chi connectivity index (χ2n) is 6.82. The summed E-state index contributed by atoms with van der Waals surface area (Å²) in [6, 6.07) is 24.2. The van der Waals surface area contributed by atoms with E-state index in [-0.39, 0.29) is 11.8 Å². The first-order valence-electron chi connectivity index (χ1n) is 9.14. The Hall–Kier alpha value is -3.66. The lowest BCUT2D eigenvalue weighted by atomic mass is 9.99. The number of carbonyl (C=O) groups excluding carboxylic acids is 2. The van der Waals surface area contributed by atoms with Gasteiger partial charge in [-0.1, -0.05) is 54.6 Å². The summed E-state index contributed by atoms with van der Waals surface area (Å²) in [6.45, 7) is 4.02. The molecule has 1 heterocycles. The van der Waals surface area contributed by atoms with E-state index in [1.54, 1.807) is 12.1 Å². The highest BCUT2D eigenvalue weighted by molar-refractivity contribution is 6.46. The van der Waals surface area contributed by atoms with E-state index in [0.29, 0.717) is 17.0 Å². The van der Waals surface area contributed by atoms with Gasteiger partial charge in [0.25, 0.3) is 11.8 Å². The zero-order valence-electron chi connectivity index (χ0n) is 15.8. The zero-order valence-corrected chi connectivity index (χ0v) is 15.8. The van der Waals surface area contributed by atoms with Crippen LogP contribution in [0.3, 0.4) is 0 Å². The summed E-state index contributed by atoms with van der Waals surface area (Å²) < 4.78 is 0. The molecule has 3 aromatic carbocycles. The Morgan fingerprint density at radius 1 is 0.714 bits per heavy atom. The lowest BCUT2D eigenvalue weighted by Crippen LogP contribution is -2.32. The number of hydrogen-bond donors (Lipinski definition) is 1. The molecule has 0 spiro atoms. The maximum absolute atomic E-state index is 13.3. The normalized spacial score (nSPS) is 14.0. The molecule has 3 aromatic rings. The van der Waals surface area contributed by atoms with Crippen molar-refractivity contribution < 1.29 is 9.59 Å². The van der Waals surface area contributed by atoms with Gasteiger partial charge >= 0.3 is 0 Å². The van der Waals surface area contributed by atoms with Gasteiger partial charge in [-0.2, -0.15) is 0 Å². The van der Waals surface area contributed by atoms with E-state index < -0.39 is 0 Å². The Bertz CT molecular complexity index is 1090. The largest absolute Gasteiger partial charge is 0.350 e. The summed E-state index contributed by atoms with van der Waals surface area (Å²) in [5, 5.41) is 3.17. The van der Waals surface area contributed by atoms with Crippen molar-refractivity contribution in [3.8, 4) is 0 Å². The Kier molecular flexibility index (Phi) is 4.53. The first-order valence-corrected chi connectivity index (χ1v) is 9.14. The lowest BCUT2D eigenvalue weighted by Gasteiger charge is -2.15. The molecule has 138 valence electrons. The molecule has 0 atom stereocenters. The number of rotatable bonds is 4. The van der Waals surface area contributed by atoms with Gasteiger partial charge in [-0.3, -0.25) is 9.59 Å². The summed E-state index contributed by atoms with van der Waals surface area (Å²) in [5.74, 6) is -0.675. The van der Waals surface area contributed by atoms with Crippen LogP contribution in [0, 0.1) is 13.8 Å². The fourth-order valence-electron chi connectivity index (χ4n) is 3.29. The van der Waals surface area contributed by atoms with Gasteiger partial charge in [0, 0.05) is 5.69 Å². The summed E-state index contributed by atoms with van der Waals surface area (Å²) >= 11 is 0. The minimum Gasteiger partial charge on any atom is -0.350 e. The van der Waals surface area contributed by atoms with Crippen molar-refractivity contribution in [3.63, 3.8) is 0 Å². The predicted molar refractivity (Wildman–Crippen MR) is 112 cm³/mol. The van der Waals surface area contributed by atoms with Crippen LogP contribution < -0.4 is 10.2 Å². The van der Waals surface area contributed by atoms with Crippen molar-refractivity contribution in [2.45, 2.75) is 13.8 Å². The van der Waals surface area contributed by atoms with Crippen LogP contribution in [-0.2, 0) is 9.59 Å². The highest BCUT2D eigenvalue weighted by atomic mass is 16.2. The minimum absolute atomic E-state index is 0.295. The van der Waals surface area contributed by atoms with E-state index in [9.17, 15) is 9.59 Å². The minimum atomic E-state index is -0.353. The summed E-state index contributed by atoms with van der Waals surface area (Å²) in [5.41, 5.74) is 4.95. The molecule has 0 aromatic heterocycles. The van der Waals surface area contributed by atoms with Crippen molar-refractivity contribution >= 4 is 28.8 Å². The van der Waals surface area contributed by atoms with E-state index in [4.69, 9.17) is 0 Å². The fraction of sp³-hybridized carbons (Fsp3) is 0.0833. The van der Waals surface area contributed by atoms with E-state index in [2.05, 4.69) is 5.32 Å². The number of anilines is 2. The van der Waals surface area contributed by atoms with Crippen LogP contribution >= 0.6 is 0 Å². The maximum Gasteiger partial charge on any atom is 0.282 e. The van der Waals surface area contributed by atoms with E-state index >= 15 is 0 Å². The number of amides is 2. The number of para-hydroxylation sites is 2. The average molecular weight is 368 g/mol. The van der Waals surface area contributed by atoms with E-state index in [1.165, 1.54) is 4.90 Å². The van der Waals surface area contributed by atoms with Gasteiger partial charge < -0.3 is 5.32 Å². The van der Waals surface area contributed by atoms with Gasteiger partial charge in [-0.25, -0.2) is 4.90 Å². The Labute approximate surface area is 164 Å². The van der Waals surface area contributed by atoms with Crippen LogP contribution in [0.2, 0.25) is 0 Å². The molecule has 0 saturated heterocycles. The van der Waals surface area contributed by atoms with Gasteiger partial charge in [0.15, 0.2) is 0 Å². The Morgan fingerprint density at radius 3 is 2.00 bits per heavy atom. The third-order valence-corrected chi connectivity index (χ3v) is 4.94. The quantitative estimate of drug-likeness (QED) is 0.679. The van der Waals surface area contributed by atoms with Crippen molar-refractivity contribution in [1.82, 2.24) is 0 Å². The number of hydrogen-bond acceptors (Lipinski definition) is 3. The molecular weight excluding hydrogens is 348 g/mol. The second kappa shape index (κ2) is 7.16. The molecule has 28 heavy (non-hydrogen) atoms. The molecule has 4 nitrogen and oxygen atoms in total. The van der Waals surface area contributed by atoms with Gasteiger partial charge in [-0.15, -0.1) is 0 Å². The lowest BCUT2D eigenvalue weighted by molar-refractivity contribution is -0.120. The monoisotopic (exact) mass is 368 g/mol. The standard InChI is InChI=1S/C24H20N2O2/c1-16-13-14-18(15-17(16)2)21-22(25-19-9-5-3-6-10-19)24(28)26(23(21)27)20-11-7-4-8-12-20/h3-15,25H,1-2H3. The average Bonchev–Trinajstić information content (AvgIpc) is 2.95. The van der Waals surface area contributed by atoms with Crippen LogP contribution in [0.25, 0.3) is 5.57 Å². The van der Waals surface area contributed by atoms with Gasteiger partial charge in [0.2, 0.25) is 0 Å². The fourth-order valence-corrected chi connectivity index (χ4v) is 3.29. The number of nitrogens with zero attached hydrogens (tertiary/aromatic N) is 1. The van der Waals surface area contributed by atoms with E-state index in [1.807, 2.05) is 80.6 Å². The molecule has 4 rings (SSSR count). The second-order valence-corrected chi connectivity index (χ2v) is 6.82. The molecule has 2 amide bonds. The third kappa shape index (κ3) is 3.09. The molecule has 0 radical (unpaired) electrons. The first kappa shape index (κ1) is 17.7. The Morgan fingerprint density at radius 2 is 1.36 bits per heavy atom. The highest BCUT2D eigenvalue weighted by Crippen LogP contribution is 2.34. The van der Waals surface area contributed by atoms with Gasteiger partial charge in [0.05, 0.1) is 11.3 Å². The van der Waals surface area contributed by atoms with Crippen molar-refractivity contribution in [2.75, 3.05) is 10.2 Å². The molecule has 4 heteroatoms. The van der Waals surface area contributed by atoms with Crippen LogP contribution in [0.5, 0.6) is 0 Å². The topological polar surface area (TPSA) is 49.4 Å². The first-order chi connectivity index (χ1) is 13.6. The number of carbonyl (C=O) groups is 2. The number of benzene rings is 3. The molecular formula is C24H20N2O2. The molecule has 0 unspecified atom stereocenters. The molecule has 0 bridgehead atoms. The molecule has 1 aliphatic rings. The summed E-state index contributed by atoms with van der Waals surface area (Å²) in [7, 11) is 0. The van der Waals surface area contributed by atoms with Crippen LogP contribution in [0.15, 0.2) is 84.6 Å². The van der Waals surface area contributed by atoms with Crippen molar-refractivity contribution in [2.24, 2.45) is 0 Å². The number of nitrogens with one attached hydrogen (secondary N) is 1. The smallest absolute Gasteiger partial charge is 0.282 e. The van der Waals surface area contributed by atoms with Crippen LogP contribution in [0.4, 0.5) is 11.4 Å². The third-order valence-electron chi connectivity index (χ3n) is 4.94. The van der Waals surface area contributed by atoms with Crippen LogP contribution in [-0.4, -0.2) is 11.8 Å². The van der Waals surface area contributed by atoms with Crippen LogP contribution in [0.1, 0.15) is 16.7 Å². The summed E-state index contributed by atoms with van der Waals surface area (Å²) in [4.78, 5) is 27.8. The number of imide groups is 1. The van der Waals surface area contributed by atoms with Gasteiger partial charge in [0.1, 0.15) is 5.70 Å². The Balaban J connectivity index is 1.85. The molecule has 1 aliphatic heterocycles. The number of aryl methyl sites for hydroxylation is 2. The molecule has 0 aliphatic carbocycles. The van der Waals surface area contributed by atoms with E-state index in [0.717, 1.165) is 22.4 Å². The SMILES string of the molecule is Cc1ccc(C2=C(Nc3ccccc3)C(=O)N(c3ccccc3)C2=O)cc1C. The van der Waals surface area contributed by atoms with Crippen molar-refractivity contribution in [1.29, 1.82) is 0 Å². The van der Waals surface area contributed by atoms with Crippen molar-refractivity contribution in [3.05, 3.63) is 101 Å².